The fraction of sp³-hybridized carbons (Fsp3) is 0.462. The molecule has 0 atom stereocenters. The highest BCUT2D eigenvalue weighted by Gasteiger charge is 2.19. The molecule has 2 N–H and O–H groups in total. The number of hydrogen-bond donors (Lipinski definition) is 2. The van der Waals surface area contributed by atoms with Gasteiger partial charge in [0.05, 0.1) is 0 Å². The first kappa shape index (κ1) is 13.3. The van der Waals surface area contributed by atoms with Gasteiger partial charge in [-0.05, 0) is 25.7 Å². The van der Waals surface area contributed by atoms with Crippen molar-refractivity contribution >= 4 is 17.7 Å². The zero-order valence-corrected chi connectivity index (χ0v) is 10.6. The van der Waals surface area contributed by atoms with Gasteiger partial charge in [-0.1, -0.05) is 12.2 Å². The first-order valence-electron chi connectivity index (χ1n) is 6.36. The number of anilines is 1. The van der Waals surface area contributed by atoms with E-state index in [1.165, 1.54) is 4.68 Å². The number of carboxylic acid groups (broad SMARTS) is 1. The second-order valence-electron chi connectivity index (χ2n) is 4.60. The van der Waals surface area contributed by atoms with Crippen LogP contribution in [-0.2, 0) is 16.1 Å². The number of aliphatic carboxylic acids is 1. The minimum atomic E-state index is -0.962. The summed E-state index contributed by atoms with van der Waals surface area (Å²) < 4.78 is 1.28. The highest BCUT2D eigenvalue weighted by Crippen LogP contribution is 2.20. The Morgan fingerprint density at radius 2 is 2.05 bits per heavy atom. The number of carbonyl (C=O) groups excluding carboxylic acids is 1. The lowest BCUT2D eigenvalue weighted by Gasteiger charge is -2.12. The van der Waals surface area contributed by atoms with Crippen molar-refractivity contribution in [3.63, 3.8) is 0 Å². The van der Waals surface area contributed by atoms with Crippen LogP contribution in [0.25, 0.3) is 0 Å². The molecule has 0 radical (unpaired) electrons. The summed E-state index contributed by atoms with van der Waals surface area (Å²) in [4.78, 5) is 22.6. The third-order valence-electron chi connectivity index (χ3n) is 3.09. The Hall–Kier alpha value is -2.11. The number of carboxylic acids is 1. The topological polar surface area (TPSA) is 84.2 Å². The molecule has 0 fully saturated rings. The van der Waals surface area contributed by atoms with Crippen molar-refractivity contribution in [2.75, 3.05) is 5.32 Å². The minimum absolute atomic E-state index is 0.000348. The van der Waals surface area contributed by atoms with E-state index < -0.39 is 5.97 Å². The molecule has 102 valence electrons. The van der Waals surface area contributed by atoms with E-state index in [0.717, 1.165) is 25.7 Å². The van der Waals surface area contributed by atoms with Gasteiger partial charge in [-0.3, -0.25) is 14.3 Å². The van der Waals surface area contributed by atoms with Crippen LogP contribution in [0.2, 0.25) is 0 Å². The Bertz CT molecular complexity index is 483. The molecule has 1 aromatic rings. The van der Waals surface area contributed by atoms with Gasteiger partial charge in [0, 0.05) is 18.2 Å². The average molecular weight is 263 g/mol. The van der Waals surface area contributed by atoms with Crippen molar-refractivity contribution in [1.29, 1.82) is 0 Å². The van der Waals surface area contributed by atoms with Crippen molar-refractivity contribution in [3.8, 4) is 0 Å². The first-order valence-corrected chi connectivity index (χ1v) is 6.36. The molecule has 6 heteroatoms. The second-order valence-corrected chi connectivity index (χ2v) is 4.60. The molecule has 0 spiro atoms. The van der Waals surface area contributed by atoms with E-state index in [2.05, 4.69) is 22.6 Å². The Balaban J connectivity index is 1.91. The van der Waals surface area contributed by atoms with Gasteiger partial charge in [0.2, 0.25) is 5.91 Å². The van der Waals surface area contributed by atoms with E-state index in [0.29, 0.717) is 5.82 Å². The number of aromatic nitrogens is 2. The highest BCUT2D eigenvalue weighted by molar-refractivity contribution is 5.91. The summed E-state index contributed by atoms with van der Waals surface area (Å²) in [7, 11) is 0. The fourth-order valence-electron chi connectivity index (χ4n) is 2.12. The number of hydrogen-bond acceptors (Lipinski definition) is 3. The fourth-order valence-corrected chi connectivity index (χ4v) is 2.12. The molecule has 0 saturated heterocycles. The van der Waals surface area contributed by atoms with Crippen LogP contribution in [-0.4, -0.2) is 26.8 Å². The maximum absolute atomic E-state index is 12.0. The van der Waals surface area contributed by atoms with Crippen LogP contribution < -0.4 is 5.32 Å². The van der Waals surface area contributed by atoms with Crippen molar-refractivity contribution < 1.29 is 14.7 Å². The quantitative estimate of drug-likeness (QED) is 0.809. The van der Waals surface area contributed by atoms with E-state index in [1.807, 2.05) is 0 Å². The lowest BCUT2D eigenvalue weighted by atomic mass is 9.99. The van der Waals surface area contributed by atoms with Crippen LogP contribution in [0.5, 0.6) is 0 Å². The Morgan fingerprint density at radius 1 is 1.37 bits per heavy atom. The molecular weight excluding hydrogens is 246 g/mol. The summed E-state index contributed by atoms with van der Waals surface area (Å²) in [5, 5.41) is 15.4. The monoisotopic (exact) mass is 263 g/mol. The summed E-state index contributed by atoms with van der Waals surface area (Å²) in [6, 6.07) is 1.61. The number of allylic oxidation sites excluding steroid dienone is 2. The summed E-state index contributed by atoms with van der Waals surface area (Å²) in [5.74, 6) is -0.594. The number of rotatable bonds is 4. The molecule has 1 aliphatic carbocycles. The number of carbonyl (C=O) groups is 2. The van der Waals surface area contributed by atoms with Gasteiger partial charge in [-0.15, -0.1) is 0 Å². The zero-order chi connectivity index (χ0) is 13.7. The number of nitrogens with zero attached hydrogens (tertiary/aromatic N) is 2. The van der Waals surface area contributed by atoms with Gasteiger partial charge < -0.3 is 10.4 Å². The van der Waals surface area contributed by atoms with Gasteiger partial charge in [-0.2, -0.15) is 5.10 Å². The Labute approximate surface area is 111 Å². The third-order valence-corrected chi connectivity index (χ3v) is 3.09. The summed E-state index contributed by atoms with van der Waals surface area (Å²) >= 11 is 0. The van der Waals surface area contributed by atoms with E-state index in [9.17, 15) is 9.59 Å². The normalized spacial score (nSPS) is 16.0. The molecule has 6 nitrogen and oxygen atoms in total. The lowest BCUT2D eigenvalue weighted by Crippen LogP contribution is -2.22. The molecule has 1 aliphatic rings. The molecule has 0 unspecified atom stereocenters. The van der Waals surface area contributed by atoms with Gasteiger partial charge in [0.25, 0.3) is 0 Å². The minimum Gasteiger partial charge on any atom is -0.480 e. The standard InChI is InChI=1S/C13H17N3O3/c17-12(18)9-16-8-7-11(15-16)14-13(19)10-5-3-1-2-4-6-10/h1-2,7-8,10H,3-6,9H2,(H,17,18)(H,14,15,19). The van der Waals surface area contributed by atoms with Crippen molar-refractivity contribution in [2.45, 2.75) is 32.2 Å². The van der Waals surface area contributed by atoms with Gasteiger partial charge in [-0.25, -0.2) is 0 Å². The maximum atomic E-state index is 12.0. The first-order chi connectivity index (χ1) is 9.15. The number of amides is 1. The number of nitrogens with one attached hydrogen (secondary N) is 1. The molecule has 0 saturated carbocycles. The average Bonchev–Trinajstić information content (AvgIpc) is 2.64. The highest BCUT2D eigenvalue weighted by atomic mass is 16.4. The van der Waals surface area contributed by atoms with Gasteiger partial charge in [0.15, 0.2) is 5.82 Å². The molecular formula is C13H17N3O3. The second kappa shape index (κ2) is 6.17. The summed E-state index contributed by atoms with van der Waals surface area (Å²) in [6.45, 7) is -0.205. The molecule has 0 aliphatic heterocycles. The van der Waals surface area contributed by atoms with Gasteiger partial charge >= 0.3 is 5.97 Å². The van der Waals surface area contributed by atoms with Crippen LogP contribution >= 0.6 is 0 Å². The van der Waals surface area contributed by atoms with Crippen molar-refractivity contribution in [1.82, 2.24) is 9.78 Å². The van der Waals surface area contributed by atoms with Crippen LogP contribution in [0.3, 0.4) is 0 Å². The van der Waals surface area contributed by atoms with Crippen LogP contribution in [0.1, 0.15) is 25.7 Å². The summed E-state index contributed by atoms with van der Waals surface area (Å²) in [5.41, 5.74) is 0. The molecule has 2 rings (SSSR count). The molecule has 1 aromatic heterocycles. The molecule has 0 aromatic carbocycles. The molecule has 1 heterocycles. The molecule has 1 amide bonds. The van der Waals surface area contributed by atoms with E-state index in [1.54, 1.807) is 12.3 Å². The van der Waals surface area contributed by atoms with Crippen LogP contribution in [0.4, 0.5) is 5.82 Å². The zero-order valence-electron chi connectivity index (χ0n) is 10.6. The van der Waals surface area contributed by atoms with Crippen LogP contribution in [0.15, 0.2) is 24.4 Å². The van der Waals surface area contributed by atoms with E-state index in [-0.39, 0.29) is 18.4 Å². The van der Waals surface area contributed by atoms with E-state index in [4.69, 9.17) is 5.11 Å². The predicted molar refractivity (Wildman–Crippen MR) is 69.6 cm³/mol. The predicted octanol–water partition coefficient (Wildman–Crippen LogP) is 1.65. The van der Waals surface area contributed by atoms with Crippen molar-refractivity contribution in [2.24, 2.45) is 5.92 Å². The van der Waals surface area contributed by atoms with Crippen LogP contribution in [0, 0.1) is 5.92 Å². The summed E-state index contributed by atoms with van der Waals surface area (Å²) in [6.07, 6.45) is 9.29. The third kappa shape index (κ3) is 3.94. The largest absolute Gasteiger partial charge is 0.480 e. The Morgan fingerprint density at radius 3 is 2.68 bits per heavy atom. The van der Waals surface area contributed by atoms with Crippen molar-refractivity contribution in [3.05, 3.63) is 24.4 Å². The molecule has 19 heavy (non-hydrogen) atoms. The Kier molecular flexibility index (Phi) is 4.33. The SMILES string of the molecule is O=C(O)Cn1ccc(NC(=O)C2CCC=CCC2)n1. The lowest BCUT2D eigenvalue weighted by molar-refractivity contribution is -0.137. The molecule has 0 bridgehead atoms. The van der Waals surface area contributed by atoms with E-state index >= 15 is 0 Å². The van der Waals surface area contributed by atoms with Gasteiger partial charge in [0.1, 0.15) is 6.54 Å². The smallest absolute Gasteiger partial charge is 0.325 e. The maximum Gasteiger partial charge on any atom is 0.325 e.